The summed E-state index contributed by atoms with van der Waals surface area (Å²) in [6, 6.07) is 18.7. The zero-order valence-electron chi connectivity index (χ0n) is 19.5. The van der Waals surface area contributed by atoms with Crippen LogP contribution >= 0.6 is 12.2 Å². The summed E-state index contributed by atoms with van der Waals surface area (Å²) in [5.41, 5.74) is 2.82. The van der Waals surface area contributed by atoms with Crippen molar-refractivity contribution in [2.75, 3.05) is 12.0 Å². The zero-order chi connectivity index (χ0) is 25.8. The molecule has 2 amide bonds. The Bertz CT molecular complexity index is 1410. The van der Waals surface area contributed by atoms with E-state index in [9.17, 15) is 14.4 Å². The molecule has 1 fully saturated rings. The summed E-state index contributed by atoms with van der Waals surface area (Å²) < 4.78 is 11.3. The minimum atomic E-state index is -1.02. The summed E-state index contributed by atoms with van der Waals surface area (Å²) in [5.74, 6) is -1.34. The zero-order valence-corrected chi connectivity index (χ0v) is 20.3. The lowest BCUT2D eigenvalue weighted by Gasteiger charge is -2.29. The molecule has 2 N–H and O–H groups in total. The fourth-order valence-corrected chi connectivity index (χ4v) is 3.96. The highest BCUT2D eigenvalue weighted by Crippen LogP contribution is 2.30. The smallest absolute Gasteiger partial charge is 0.335 e. The molecule has 0 aliphatic carbocycles. The number of carboxylic acids is 1. The van der Waals surface area contributed by atoms with E-state index >= 15 is 0 Å². The minimum Gasteiger partial charge on any atom is -0.493 e. The van der Waals surface area contributed by atoms with Gasteiger partial charge in [-0.05, 0) is 78.3 Å². The molecule has 0 saturated carbocycles. The van der Waals surface area contributed by atoms with Gasteiger partial charge in [0, 0.05) is 0 Å². The third kappa shape index (κ3) is 5.26. The average molecular weight is 503 g/mol. The van der Waals surface area contributed by atoms with Gasteiger partial charge in [0.15, 0.2) is 16.6 Å². The van der Waals surface area contributed by atoms with Crippen LogP contribution in [0.25, 0.3) is 6.08 Å². The van der Waals surface area contributed by atoms with Crippen LogP contribution in [0, 0.1) is 6.92 Å². The Balaban J connectivity index is 1.58. The molecule has 9 heteroatoms. The molecule has 182 valence electrons. The van der Waals surface area contributed by atoms with Crippen LogP contribution in [0.1, 0.15) is 27.0 Å². The number of aromatic carboxylic acids is 1. The van der Waals surface area contributed by atoms with Crippen molar-refractivity contribution in [1.29, 1.82) is 0 Å². The number of methoxy groups -OCH3 is 1. The number of thiocarbonyl (C=S) groups is 1. The van der Waals surface area contributed by atoms with E-state index in [0.29, 0.717) is 28.3 Å². The van der Waals surface area contributed by atoms with Crippen molar-refractivity contribution < 1.29 is 29.0 Å². The van der Waals surface area contributed by atoms with Crippen molar-refractivity contribution in [1.82, 2.24) is 5.32 Å². The maximum Gasteiger partial charge on any atom is 0.335 e. The lowest BCUT2D eigenvalue weighted by Crippen LogP contribution is -2.54. The van der Waals surface area contributed by atoms with Gasteiger partial charge in [0.1, 0.15) is 12.2 Å². The number of hydrogen-bond acceptors (Lipinski definition) is 6. The van der Waals surface area contributed by atoms with Gasteiger partial charge in [0.2, 0.25) is 0 Å². The molecule has 0 spiro atoms. The van der Waals surface area contributed by atoms with Crippen LogP contribution < -0.4 is 19.7 Å². The fourth-order valence-electron chi connectivity index (χ4n) is 3.67. The van der Waals surface area contributed by atoms with Gasteiger partial charge >= 0.3 is 5.97 Å². The van der Waals surface area contributed by atoms with Crippen molar-refractivity contribution in [2.24, 2.45) is 0 Å². The monoisotopic (exact) mass is 502 g/mol. The quantitative estimate of drug-likeness (QED) is 0.285. The second-order valence-electron chi connectivity index (χ2n) is 8.00. The van der Waals surface area contributed by atoms with Crippen LogP contribution in [0.4, 0.5) is 5.69 Å². The molecule has 0 atom stereocenters. The van der Waals surface area contributed by atoms with Crippen molar-refractivity contribution >= 4 is 46.9 Å². The highest BCUT2D eigenvalue weighted by atomic mass is 32.1. The summed E-state index contributed by atoms with van der Waals surface area (Å²) in [6.45, 7) is 2.02. The van der Waals surface area contributed by atoms with E-state index in [0.717, 1.165) is 5.56 Å². The first-order valence-electron chi connectivity index (χ1n) is 10.9. The number of amides is 2. The third-order valence-electron chi connectivity index (χ3n) is 5.43. The highest BCUT2D eigenvalue weighted by Gasteiger charge is 2.34. The van der Waals surface area contributed by atoms with Crippen molar-refractivity contribution in [3.8, 4) is 11.5 Å². The Kier molecular flexibility index (Phi) is 7.12. The van der Waals surface area contributed by atoms with Gasteiger partial charge < -0.3 is 14.6 Å². The largest absolute Gasteiger partial charge is 0.493 e. The number of aryl methyl sites for hydroxylation is 1. The number of carbonyl (C=O) groups is 3. The first kappa shape index (κ1) is 24.6. The molecule has 1 aliphatic heterocycles. The molecule has 0 radical (unpaired) electrons. The van der Waals surface area contributed by atoms with Crippen LogP contribution in [-0.4, -0.2) is 35.1 Å². The van der Waals surface area contributed by atoms with E-state index in [1.54, 1.807) is 42.5 Å². The van der Waals surface area contributed by atoms with Gasteiger partial charge in [-0.2, -0.15) is 0 Å². The normalized spacial score (nSPS) is 14.6. The molecule has 3 aromatic carbocycles. The van der Waals surface area contributed by atoms with Crippen molar-refractivity contribution in [3.63, 3.8) is 0 Å². The van der Waals surface area contributed by atoms with Crippen molar-refractivity contribution in [3.05, 3.63) is 94.6 Å². The van der Waals surface area contributed by atoms with Gasteiger partial charge in [-0.3, -0.25) is 19.8 Å². The molecule has 0 bridgehead atoms. The molecule has 3 aromatic rings. The van der Waals surface area contributed by atoms with Crippen LogP contribution in [0.15, 0.2) is 72.3 Å². The molecule has 4 rings (SSSR count). The molecule has 1 aliphatic rings. The van der Waals surface area contributed by atoms with E-state index in [4.69, 9.17) is 26.8 Å². The Morgan fingerprint density at radius 2 is 1.83 bits per heavy atom. The highest BCUT2D eigenvalue weighted by molar-refractivity contribution is 7.80. The van der Waals surface area contributed by atoms with E-state index in [-0.39, 0.29) is 22.9 Å². The molecule has 36 heavy (non-hydrogen) atoms. The lowest BCUT2D eigenvalue weighted by atomic mass is 10.1. The molecule has 1 heterocycles. The number of carbonyl (C=O) groups excluding carboxylic acids is 2. The van der Waals surface area contributed by atoms with Crippen LogP contribution in [0.3, 0.4) is 0 Å². The summed E-state index contributed by atoms with van der Waals surface area (Å²) in [5, 5.41) is 11.7. The fraction of sp³-hybridized carbons (Fsp3) is 0.111. The second kappa shape index (κ2) is 10.4. The molecule has 0 unspecified atom stereocenters. The van der Waals surface area contributed by atoms with Gasteiger partial charge in [0.05, 0.1) is 18.4 Å². The SMILES string of the molecule is COc1cc(/C=C2\C(=O)NC(=S)N(c3cccc(C)c3)C2=O)ccc1OCc1cccc(C(=O)O)c1. The molecule has 1 saturated heterocycles. The number of nitrogens with one attached hydrogen (secondary N) is 1. The van der Waals surface area contributed by atoms with Crippen LogP contribution in [0.2, 0.25) is 0 Å². The number of carboxylic acid groups (broad SMARTS) is 1. The predicted molar refractivity (Wildman–Crippen MR) is 138 cm³/mol. The van der Waals surface area contributed by atoms with Gasteiger partial charge in [-0.15, -0.1) is 0 Å². The Labute approximate surface area is 212 Å². The number of benzene rings is 3. The molecule has 8 nitrogen and oxygen atoms in total. The molecular weight excluding hydrogens is 480 g/mol. The van der Waals surface area contributed by atoms with E-state index in [1.165, 1.54) is 30.2 Å². The summed E-state index contributed by atoms with van der Waals surface area (Å²) in [4.78, 5) is 38.3. The molecule has 0 aromatic heterocycles. The average Bonchev–Trinajstić information content (AvgIpc) is 2.85. The Morgan fingerprint density at radius 3 is 2.56 bits per heavy atom. The maximum atomic E-state index is 13.2. The van der Waals surface area contributed by atoms with E-state index < -0.39 is 17.8 Å². The topological polar surface area (TPSA) is 105 Å². The third-order valence-corrected chi connectivity index (χ3v) is 5.71. The summed E-state index contributed by atoms with van der Waals surface area (Å²) in [6.07, 6.45) is 1.46. The maximum absolute atomic E-state index is 13.2. The minimum absolute atomic E-state index is 0.0149. The first-order chi connectivity index (χ1) is 17.3. The number of anilines is 1. The number of hydrogen-bond donors (Lipinski definition) is 2. The summed E-state index contributed by atoms with van der Waals surface area (Å²) >= 11 is 5.25. The summed E-state index contributed by atoms with van der Waals surface area (Å²) in [7, 11) is 1.47. The second-order valence-corrected chi connectivity index (χ2v) is 8.39. The van der Waals surface area contributed by atoms with Gasteiger partial charge in [-0.1, -0.05) is 30.3 Å². The van der Waals surface area contributed by atoms with Crippen molar-refractivity contribution in [2.45, 2.75) is 13.5 Å². The molecular formula is C27H22N2O6S. The standard InChI is InChI=1S/C27H22N2O6S/c1-16-5-3-8-20(11-16)29-25(31)21(24(30)28-27(29)36)13-17-9-10-22(23(14-17)34-2)35-15-18-6-4-7-19(12-18)26(32)33/h3-14H,15H2,1-2H3,(H,32,33)(H,28,30,36)/b21-13+. The van der Waals surface area contributed by atoms with Gasteiger partial charge in [0.25, 0.3) is 11.8 Å². The Morgan fingerprint density at radius 1 is 1.06 bits per heavy atom. The number of nitrogens with zero attached hydrogens (tertiary/aromatic N) is 1. The van der Waals surface area contributed by atoms with E-state index in [1.807, 2.05) is 19.1 Å². The van der Waals surface area contributed by atoms with E-state index in [2.05, 4.69) is 5.32 Å². The predicted octanol–water partition coefficient (Wildman–Crippen LogP) is 4.11. The number of rotatable bonds is 7. The van der Waals surface area contributed by atoms with Gasteiger partial charge in [-0.25, -0.2) is 4.79 Å². The Hall–Kier alpha value is -4.50. The first-order valence-corrected chi connectivity index (χ1v) is 11.3. The van der Waals surface area contributed by atoms with Crippen LogP contribution in [-0.2, 0) is 16.2 Å². The van der Waals surface area contributed by atoms with Crippen LogP contribution in [0.5, 0.6) is 11.5 Å². The number of ether oxygens (including phenoxy) is 2. The lowest BCUT2D eigenvalue weighted by molar-refractivity contribution is -0.122.